The average Bonchev–Trinajstić information content (AvgIpc) is 2.76. The molecule has 0 atom stereocenters. The molecule has 0 radical (unpaired) electrons. The molecule has 0 saturated carbocycles. The van der Waals surface area contributed by atoms with E-state index in [4.69, 9.17) is 21.1 Å². The van der Waals surface area contributed by atoms with E-state index in [0.717, 1.165) is 12.0 Å². The van der Waals surface area contributed by atoms with Gasteiger partial charge in [-0.2, -0.15) is 13.4 Å². The van der Waals surface area contributed by atoms with E-state index >= 15 is 0 Å². The van der Waals surface area contributed by atoms with Crippen molar-refractivity contribution in [2.45, 2.75) is 20.0 Å². The van der Waals surface area contributed by atoms with Crippen LogP contribution in [0.15, 0.2) is 36.5 Å². The van der Waals surface area contributed by atoms with Crippen molar-refractivity contribution in [1.29, 1.82) is 0 Å². The van der Waals surface area contributed by atoms with Gasteiger partial charge in [0.2, 0.25) is 5.95 Å². The van der Waals surface area contributed by atoms with E-state index in [9.17, 15) is 12.3 Å². The van der Waals surface area contributed by atoms with E-state index in [1.54, 1.807) is 14.0 Å². The van der Waals surface area contributed by atoms with Gasteiger partial charge in [-0.1, -0.05) is 15.5 Å². The predicted molar refractivity (Wildman–Crippen MR) is 122 cm³/mol. The van der Waals surface area contributed by atoms with Crippen molar-refractivity contribution in [2.75, 3.05) is 24.4 Å². The van der Waals surface area contributed by atoms with Gasteiger partial charge in [-0.15, -0.1) is 0 Å². The lowest BCUT2D eigenvalue weighted by Gasteiger charge is -2.20. The van der Waals surface area contributed by atoms with Crippen molar-refractivity contribution < 1.29 is 26.0 Å². The third kappa shape index (κ3) is 5.62. The highest BCUT2D eigenvalue weighted by Crippen LogP contribution is 2.34. The molecule has 9 nitrogen and oxygen atoms in total. The molecular weight excluding hydrogens is 475 g/mol. The van der Waals surface area contributed by atoms with Crippen LogP contribution in [0.1, 0.15) is 16.7 Å². The lowest BCUT2D eigenvalue weighted by Crippen LogP contribution is -2.11. The molecule has 12 heteroatoms. The van der Waals surface area contributed by atoms with Gasteiger partial charge in [-0.3, -0.25) is 0 Å². The summed E-state index contributed by atoms with van der Waals surface area (Å²) in [6.07, 6.45) is 2.26. The zero-order valence-corrected chi connectivity index (χ0v) is 19.3. The highest BCUT2D eigenvalue weighted by atomic mass is 35.5. The van der Waals surface area contributed by atoms with E-state index < -0.39 is 10.5 Å². The number of ether oxygens (including phenoxy) is 2. The molecule has 0 unspecified atom stereocenters. The molecule has 2 N–H and O–H groups in total. The molecule has 0 spiro atoms. The molecule has 1 aromatic heterocycles. The minimum Gasteiger partial charge on any atom is -0.495 e. The molecule has 0 fully saturated rings. The third-order valence-electron chi connectivity index (χ3n) is 4.93. The number of benzene rings is 2. The van der Waals surface area contributed by atoms with E-state index in [2.05, 4.69) is 24.8 Å². The van der Waals surface area contributed by atoms with Crippen LogP contribution >= 0.6 is 11.6 Å². The Hall–Kier alpha value is -3.15. The molecule has 174 valence electrons. The van der Waals surface area contributed by atoms with Gasteiger partial charge in [0.1, 0.15) is 16.5 Å². The van der Waals surface area contributed by atoms with Gasteiger partial charge in [-0.05, 0) is 60.4 Å². The normalized spacial score (nSPS) is 13.2. The Morgan fingerprint density at radius 2 is 1.97 bits per heavy atom. The molecule has 0 amide bonds. The van der Waals surface area contributed by atoms with Crippen LogP contribution < -0.4 is 19.6 Å². The number of nitrogens with zero attached hydrogens (tertiary/aromatic N) is 2. The second-order valence-electron chi connectivity index (χ2n) is 7.22. The molecule has 3 aromatic rings. The maximum absolute atomic E-state index is 12.8. The number of anilines is 4. The van der Waals surface area contributed by atoms with Crippen LogP contribution in [0.4, 0.5) is 27.0 Å². The fourth-order valence-corrected chi connectivity index (χ4v) is 3.84. The second kappa shape index (κ2) is 9.38. The Balaban J connectivity index is 1.58. The first-order valence-corrected chi connectivity index (χ1v) is 11.5. The van der Waals surface area contributed by atoms with Crippen LogP contribution in [-0.4, -0.2) is 32.1 Å². The van der Waals surface area contributed by atoms with Gasteiger partial charge in [0, 0.05) is 5.69 Å². The van der Waals surface area contributed by atoms with E-state index in [0.29, 0.717) is 41.7 Å². The van der Waals surface area contributed by atoms with E-state index in [1.165, 1.54) is 30.0 Å². The maximum atomic E-state index is 12.8. The number of fused-ring (bicyclic) bond motifs is 1. The van der Waals surface area contributed by atoms with Crippen molar-refractivity contribution >= 4 is 45.2 Å². The number of methoxy groups -OCH3 is 1. The molecule has 1 aliphatic heterocycles. The second-order valence-corrected chi connectivity index (χ2v) is 8.58. The van der Waals surface area contributed by atoms with Gasteiger partial charge in [-0.25, -0.2) is 4.98 Å². The van der Waals surface area contributed by atoms with Crippen LogP contribution in [0.3, 0.4) is 0 Å². The Bertz CT molecular complexity index is 1310. The fraction of sp³-hybridized carbons (Fsp3) is 0.238. The lowest BCUT2D eigenvalue weighted by atomic mass is 10.0. The first-order chi connectivity index (χ1) is 15.7. The zero-order chi connectivity index (χ0) is 23.6. The lowest BCUT2D eigenvalue weighted by molar-refractivity contribution is 0.110. The number of aromatic nitrogens is 2. The van der Waals surface area contributed by atoms with Crippen molar-refractivity contribution in [2.24, 2.45) is 0 Å². The fourth-order valence-electron chi connectivity index (χ4n) is 3.37. The molecule has 0 saturated heterocycles. The summed E-state index contributed by atoms with van der Waals surface area (Å²) in [6, 6.07) is 8.11. The van der Waals surface area contributed by atoms with Gasteiger partial charge in [0.15, 0.2) is 5.82 Å². The van der Waals surface area contributed by atoms with Gasteiger partial charge >= 0.3 is 10.5 Å². The topological polar surface area (TPSA) is 112 Å². The molecule has 4 rings (SSSR count). The summed E-state index contributed by atoms with van der Waals surface area (Å²) in [5, 5.41) is 6.47. The number of nitrogens with one attached hydrogen (secondary N) is 2. The van der Waals surface area contributed by atoms with Gasteiger partial charge in [0.25, 0.3) is 0 Å². The Morgan fingerprint density at radius 3 is 2.70 bits per heavy atom. The quantitative estimate of drug-likeness (QED) is 0.455. The predicted octanol–water partition coefficient (Wildman–Crippen LogP) is 4.60. The van der Waals surface area contributed by atoms with Crippen molar-refractivity contribution in [3.05, 3.63) is 58.2 Å². The van der Waals surface area contributed by atoms with Crippen molar-refractivity contribution in [3.63, 3.8) is 0 Å². The molecule has 0 aliphatic carbocycles. The minimum atomic E-state index is -5.11. The van der Waals surface area contributed by atoms with E-state index in [1.807, 2.05) is 12.1 Å². The maximum Gasteiger partial charge on any atom is 0.488 e. The number of aryl methyl sites for hydroxylation is 1. The third-order valence-corrected chi connectivity index (χ3v) is 5.60. The number of halogens is 2. The highest BCUT2D eigenvalue weighted by Gasteiger charge is 2.16. The minimum absolute atomic E-state index is 0.153. The van der Waals surface area contributed by atoms with Crippen LogP contribution in [0.25, 0.3) is 0 Å². The number of hydrogen-bond acceptors (Lipinski definition) is 9. The first-order valence-electron chi connectivity index (χ1n) is 9.80. The summed E-state index contributed by atoms with van der Waals surface area (Å²) in [4.78, 5) is 8.66. The van der Waals surface area contributed by atoms with Crippen molar-refractivity contribution in [3.8, 4) is 11.5 Å². The van der Waals surface area contributed by atoms with E-state index in [-0.39, 0.29) is 16.7 Å². The SMILES string of the molecule is COc1cc2c(cc1Nc1ncc(Cl)c(Nc3ccc(OS(=O)(=O)F)cc3C)n1)COCC2. The molecule has 0 bridgehead atoms. The summed E-state index contributed by atoms with van der Waals surface area (Å²) in [6.45, 7) is 2.88. The van der Waals surface area contributed by atoms with Crippen molar-refractivity contribution in [1.82, 2.24) is 9.97 Å². The van der Waals surface area contributed by atoms with Gasteiger partial charge in [0.05, 0.1) is 32.2 Å². The first kappa shape index (κ1) is 23.0. The molecule has 33 heavy (non-hydrogen) atoms. The largest absolute Gasteiger partial charge is 0.495 e. The summed E-state index contributed by atoms with van der Waals surface area (Å²) >= 11 is 6.26. The van der Waals surface area contributed by atoms with Crippen LogP contribution in [-0.2, 0) is 28.3 Å². The van der Waals surface area contributed by atoms with Crippen LogP contribution in [0, 0.1) is 6.92 Å². The van der Waals surface area contributed by atoms with Gasteiger partial charge < -0.3 is 24.3 Å². The standard InChI is InChI=1S/C21H20ClFN4O5S/c1-12-7-15(32-33(23,28)29)3-4-17(12)25-20-16(22)10-24-21(27-20)26-18-8-14-11-31-6-5-13(14)9-19(18)30-2/h3-4,7-10H,5-6,11H2,1-2H3,(H2,24,25,26,27). The van der Waals surface area contributed by atoms with Crippen LogP contribution in [0.5, 0.6) is 11.5 Å². The molecule has 1 aliphatic rings. The number of hydrogen-bond donors (Lipinski definition) is 2. The Kier molecular flexibility index (Phi) is 6.54. The monoisotopic (exact) mass is 494 g/mol. The summed E-state index contributed by atoms with van der Waals surface area (Å²) in [5.41, 5.74) is 4.06. The highest BCUT2D eigenvalue weighted by molar-refractivity contribution is 7.81. The summed E-state index contributed by atoms with van der Waals surface area (Å²) in [7, 11) is -3.52. The molecule has 2 aromatic carbocycles. The van der Waals surface area contributed by atoms with Crippen LogP contribution in [0.2, 0.25) is 5.02 Å². The summed E-state index contributed by atoms with van der Waals surface area (Å²) in [5.74, 6) is 1.08. The zero-order valence-electron chi connectivity index (χ0n) is 17.7. The number of rotatable bonds is 7. The smallest absolute Gasteiger partial charge is 0.488 e. The Morgan fingerprint density at radius 1 is 1.15 bits per heavy atom. The molecule has 2 heterocycles. The Labute approximate surface area is 195 Å². The summed E-state index contributed by atoms with van der Waals surface area (Å²) < 4.78 is 49.4. The average molecular weight is 495 g/mol. The molecular formula is C21H20ClFN4O5S.